The third-order valence-corrected chi connectivity index (χ3v) is 7.66. The van der Waals surface area contributed by atoms with E-state index in [1.807, 2.05) is 4.57 Å². The molecule has 0 spiro atoms. The van der Waals surface area contributed by atoms with Gasteiger partial charge in [-0.3, -0.25) is 4.90 Å². The number of fused-ring (bicyclic) bond motifs is 1. The molecule has 8 nitrogen and oxygen atoms in total. The second-order valence-electron chi connectivity index (χ2n) is 10.1. The Morgan fingerprint density at radius 2 is 1.98 bits per heavy atom. The average Bonchev–Trinajstić information content (AvgIpc) is 3.27. The largest absolute Gasteiger partial charge is 0.486 e. The minimum atomic E-state index is -1.08. The maximum atomic E-state index is 14.5. The Bertz CT molecular complexity index is 1650. The highest BCUT2D eigenvalue weighted by Gasteiger charge is 2.25. The van der Waals surface area contributed by atoms with Crippen molar-refractivity contribution in [1.29, 1.82) is 0 Å². The van der Waals surface area contributed by atoms with Crippen molar-refractivity contribution in [2.45, 2.75) is 38.6 Å². The van der Waals surface area contributed by atoms with Gasteiger partial charge in [-0.2, -0.15) is 0 Å². The lowest BCUT2D eigenvalue weighted by Gasteiger charge is -2.29. The van der Waals surface area contributed by atoms with E-state index in [9.17, 15) is 18.7 Å². The minimum absolute atomic E-state index is 0.0220. The lowest BCUT2D eigenvalue weighted by Crippen LogP contribution is -2.33. The molecule has 6 rings (SSSR count). The van der Waals surface area contributed by atoms with Gasteiger partial charge in [-0.25, -0.2) is 23.5 Å². The fraction of sp³-hybridized carbons (Fsp3) is 0.300. The van der Waals surface area contributed by atoms with Crippen LogP contribution >= 0.6 is 11.6 Å². The molecule has 0 radical (unpaired) electrons. The summed E-state index contributed by atoms with van der Waals surface area (Å²) < 4.78 is 41.9. The highest BCUT2D eigenvalue weighted by atomic mass is 35.5. The first-order valence-electron chi connectivity index (χ1n) is 13.3. The van der Waals surface area contributed by atoms with Gasteiger partial charge in [0, 0.05) is 30.3 Å². The summed E-state index contributed by atoms with van der Waals surface area (Å²) in [5.41, 5.74) is 3.36. The van der Waals surface area contributed by atoms with Crippen LogP contribution in [0.4, 0.5) is 8.78 Å². The molecule has 41 heavy (non-hydrogen) atoms. The van der Waals surface area contributed by atoms with Gasteiger partial charge in [-0.05, 0) is 60.4 Å². The molecular weight excluding hydrogens is 554 g/mol. The molecule has 2 aromatic heterocycles. The average molecular weight is 581 g/mol. The molecular formula is C30H27ClF2N4O4. The zero-order valence-electron chi connectivity index (χ0n) is 22.0. The van der Waals surface area contributed by atoms with E-state index in [1.54, 1.807) is 24.3 Å². The number of hydrogen-bond acceptors (Lipinski definition) is 6. The number of nitrogens with zero attached hydrogens (tertiary/aromatic N) is 4. The molecule has 1 atom stereocenters. The van der Waals surface area contributed by atoms with E-state index in [1.165, 1.54) is 24.3 Å². The predicted molar refractivity (Wildman–Crippen MR) is 149 cm³/mol. The maximum Gasteiger partial charge on any atom is 0.354 e. The molecule has 0 bridgehead atoms. The Balaban J connectivity index is 1.17. The number of aromatic nitrogens is 3. The van der Waals surface area contributed by atoms with Crippen LogP contribution in [0, 0.1) is 11.6 Å². The molecule has 212 valence electrons. The van der Waals surface area contributed by atoms with Crippen molar-refractivity contribution in [3.8, 4) is 5.75 Å². The van der Waals surface area contributed by atoms with E-state index in [0.29, 0.717) is 37.4 Å². The molecule has 2 aromatic carbocycles. The first kappa shape index (κ1) is 27.3. The van der Waals surface area contributed by atoms with Crippen molar-refractivity contribution in [3.05, 3.63) is 93.9 Å². The first-order chi connectivity index (χ1) is 19.8. The van der Waals surface area contributed by atoms with Crippen LogP contribution in [0.2, 0.25) is 5.02 Å². The van der Waals surface area contributed by atoms with Crippen molar-refractivity contribution in [2.75, 3.05) is 19.7 Å². The van der Waals surface area contributed by atoms with E-state index in [-0.39, 0.29) is 34.7 Å². The summed E-state index contributed by atoms with van der Waals surface area (Å²) in [6.45, 7) is 3.11. The van der Waals surface area contributed by atoms with Crippen LogP contribution in [-0.4, -0.2) is 56.3 Å². The number of benzene rings is 2. The number of carboxylic acid groups (broad SMARTS) is 1. The molecule has 0 aliphatic carbocycles. The van der Waals surface area contributed by atoms with Crippen LogP contribution in [0.1, 0.15) is 40.3 Å². The Morgan fingerprint density at radius 1 is 1.12 bits per heavy atom. The second kappa shape index (κ2) is 11.6. The van der Waals surface area contributed by atoms with Crippen LogP contribution in [0.15, 0.2) is 54.6 Å². The first-order valence-corrected chi connectivity index (χ1v) is 13.7. The molecule has 11 heteroatoms. The van der Waals surface area contributed by atoms with Gasteiger partial charge in [0.15, 0.2) is 22.9 Å². The fourth-order valence-corrected chi connectivity index (χ4v) is 5.20. The van der Waals surface area contributed by atoms with Crippen LogP contribution < -0.4 is 4.74 Å². The standard InChI is InChI=1S/C30H27ClF2N4O4/c31-21-3-1-20(24(33)14-21)17-41-27-13-19(2-4-23(27)32)18-7-10-36(11-8-18)16-28-34-25-5-6-26(30(38)39)35-29(25)37(28)15-22-9-12-40-22/h1-7,13-14,22H,8-12,15-17H2,(H,38,39). The van der Waals surface area contributed by atoms with Crippen LogP contribution in [-0.2, 0) is 24.4 Å². The quantitative estimate of drug-likeness (QED) is 0.271. The Morgan fingerprint density at radius 3 is 2.68 bits per heavy atom. The zero-order chi connectivity index (χ0) is 28.5. The van der Waals surface area contributed by atoms with Crippen molar-refractivity contribution in [2.24, 2.45) is 0 Å². The summed E-state index contributed by atoms with van der Waals surface area (Å²) in [5, 5.41) is 9.70. The Labute approximate surface area is 239 Å². The molecule has 2 aliphatic heterocycles. The molecule has 4 heterocycles. The minimum Gasteiger partial charge on any atom is -0.486 e. The van der Waals surface area contributed by atoms with Gasteiger partial charge in [0.1, 0.15) is 23.8 Å². The molecule has 2 aliphatic rings. The molecule has 0 amide bonds. The van der Waals surface area contributed by atoms with Crippen LogP contribution in [0.5, 0.6) is 5.75 Å². The highest BCUT2D eigenvalue weighted by Crippen LogP contribution is 2.29. The van der Waals surface area contributed by atoms with Crippen molar-refractivity contribution in [1.82, 2.24) is 19.4 Å². The normalized spacial score (nSPS) is 17.3. The summed E-state index contributed by atoms with van der Waals surface area (Å²) in [4.78, 5) is 22.9. The van der Waals surface area contributed by atoms with E-state index in [4.69, 9.17) is 26.1 Å². The smallest absolute Gasteiger partial charge is 0.354 e. The number of imidazole rings is 1. The number of pyridine rings is 1. The third kappa shape index (κ3) is 5.95. The van der Waals surface area contributed by atoms with Gasteiger partial charge in [-0.15, -0.1) is 0 Å². The monoisotopic (exact) mass is 580 g/mol. The number of hydrogen-bond donors (Lipinski definition) is 1. The Hall–Kier alpha value is -3.86. The molecule has 1 N–H and O–H groups in total. The van der Waals surface area contributed by atoms with E-state index in [2.05, 4.69) is 16.0 Å². The van der Waals surface area contributed by atoms with Gasteiger partial charge in [0.2, 0.25) is 0 Å². The fourth-order valence-electron chi connectivity index (χ4n) is 5.04. The van der Waals surface area contributed by atoms with Gasteiger partial charge >= 0.3 is 5.97 Å². The molecule has 0 saturated carbocycles. The van der Waals surface area contributed by atoms with Crippen molar-refractivity contribution in [3.63, 3.8) is 0 Å². The summed E-state index contributed by atoms with van der Waals surface area (Å²) >= 11 is 5.81. The van der Waals surface area contributed by atoms with Gasteiger partial charge < -0.3 is 19.1 Å². The van der Waals surface area contributed by atoms with Gasteiger partial charge in [0.25, 0.3) is 0 Å². The molecule has 1 fully saturated rings. The van der Waals surface area contributed by atoms with Crippen molar-refractivity contribution < 1.29 is 28.2 Å². The zero-order valence-corrected chi connectivity index (χ0v) is 22.8. The van der Waals surface area contributed by atoms with E-state index >= 15 is 0 Å². The van der Waals surface area contributed by atoms with Gasteiger partial charge in [0.05, 0.1) is 19.2 Å². The second-order valence-corrected chi connectivity index (χ2v) is 10.6. The van der Waals surface area contributed by atoms with Crippen molar-refractivity contribution >= 4 is 34.3 Å². The molecule has 1 unspecified atom stereocenters. The van der Waals surface area contributed by atoms with Crippen LogP contribution in [0.25, 0.3) is 16.7 Å². The highest BCUT2D eigenvalue weighted by molar-refractivity contribution is 6.30. The lowest BCUT2D eigenvalue weighted by molar-refractivity contribution is -0.0592. The third-order valence-electron chi connectivity index (χ3n) is 7.43. The number of rotatable bonds is 9. The number of aromatic carboxylic acids is 1. The number of ether oxygens (including phenoxy) is 2. The Kier molecular flexibility index (Phi) is 7.70. The van der Waals surface area contributed by atoms with Crippen LogP contribution in [0.3, 0.4) is 0 Å². The number of carboxylic acids is 1. The van der Waals surface area contributed by atoms with E-state index < -0.39 is 17.6 Å². The topological polar surface area (TPSA) is 89.7 Å². The summed E-state index contributed by atoms with van der Waals surface area (Å²) in [6.07, 6.45) is 3.82. The SMILES string of the molecule is O=C(O)c1ccc2nc(CN3CC=C(c4ccc(F)c(OCc5ccc(Cl)cc5F)c4)CC3)n(CC3CCO3)c2n1. The summed E-state index contributed by atoms with van der Waals surface area (Å²) in [5.74, 6) is -1.25. The van der Waals surface area contributed by atoms with E-state index in [0.717, 1.165) is 36.3 Å². The maximum absolute atomic E-state index is 14.5. The molecule has 4 aromatic rings. The summed E-state index contributed by atoms with van der Waals surface area (Å²) in [6, 6.07) is 12.2. The molecule has 1 saturated heterocycles. The summed E-state index contributed by atoms with van der Waals surface area (Å²) in [7, 11) is 0. The number of halogens is 3. The predicted octanol–water partition coefficient (Wildman–Crippen LogP) is 5.72. The number of carbonyl (C=O) groups is 1. The lowest BCUT2D eigenvalue weighted by atomic mass is 9.99. The van der Waals surface area contributed by atoms with Gasteiger partial charge in [-0.1, -0.05) is 29.8 Å².